The summed E-state index contributed by atoms with van der Waals surface area (Å²) in [6.45, 7) is 29.5. The number of phenolic OH excluding ortho intramolecular Hbond substituents is 2. The molecule has 324 valence electrons. The first-order valence-corrected chi connectivity index (χ1v) is 22.8. The van der Waals surface area contributed by atoms with Crippen LogP contribution in [0.2, 0.25) is 0 Å². The Hall–Kier alpha value is -4.00. The average molecular weight is 815 g/mol. The van der Waals surface area contributed by atoms with E-state index in [2.05, 4.69) is 142 Å². The molecule has 10 bridgehead atoms. The molecule has 1 saturated carbocycles. The number of ether oxygens (including phenoxy) is 2. The van der Waals surface area contributed by atoms with Gasteiger partial charge in [0.15, 0.2) is 0 Å². The highest BCUT2D eigenvalue weighted by molar-refractivity contribution is 5.59. The van der Waals surface area contributed by atoms with Crippen LogP contribution < -0.4 is 20.1 Å². The Balaban J connectivity index is 1.57. The molecule has 4 aromatic rings. The number of nitrogens with one attached hydrogen (secondary N) is 2. The molecular weight excluding hydrogens is 741 g/mol. The van der Waals surface area contributed by atoms with Crippen LogP contribution in [0, 0.1) is 0 Å². The summed E-state index contributed by atoms with van der Waals surface area (Å²) in [5.41, 5.74) is 12.0. The van der Waals surface area contributed by atoms with Gasteiger partial charge in [0.05, 0.1) is 0 Å². The summed E-state index contributed by atoms with van der Waals surface area (Å²) in [5.74, 6) is 2.38. The van der Waals surface area contributed by atoms with E-state index in [0.717, 1.165) is 81.9 Å². The number of rotatable bonds is 0. The topological polar surface area (TPSA) is 83.0 Å². The Morgan fingerprint density at radius 2 is 0.667 bits per heavy atom. The van der Waals surface area contributed by atoms with Gasteiger partial charge in [0.1, 0.15) is 36.2 Å². The number of hydrogen-bond donors (Lipinski definition) is 4. The molecule has 0 radical (unpaired) electrons. The first-order chi connectivity index (χ1) is 28.1. The van der Waals surface area contributed by atoms with E-state index in [-0.39, 0.29) is 21.7 Å². The third-order valence-electron chi connectivity index (χ3n) is 13.3. The van der Waals surface area contributed by atoms with E-state index >= 15 is 0 Å². The van der Waals surface area contributed by atoms with E-state index in [9.17, 15) is 10.2 Å². The first kappa shape index (κ1) is 44.1. The number of aromatic hydroxyl groups is 2. The zero-order valence-electron chi connectivity index (χ0n) is 39.0. The lowest BCUT2D eigenvalue weighted by Gasteiger charge is -2.33. The molecule has 60 heavy (non-hydrogen) atoms. The standard InChI is InChI=1S/C54H74N2O4/c1-51(2,3)41-25-33-21-37-29-43(53(7,8)9)31-39-23-35-27-42(52(4,5)6)28-36(48(35)58)24-40-32-44(54(10,11)12)30-38(22-34(26-41)47(33)57)50(40)60-20-18-56-46-16-14-13-15-45(46)55-17-19-59-49(37)39/h25-32,45-46,55-58H,13-24H2,1-12H3/t45-,46-/m1/s1. The van der Waals surface area contributed by atoms with E-state index in [1.54, 1.807) is 0 Å². The summed E-state index contributed by atoms with van der Waals surface area (Å²) in [4.78, 5) is 0. The average Bonchev–Trinajstić information content (AvgIpc) is 3.14. The minimum Gasteiger partial charge on any atom is -0.507 e. The lowest BCUT2D eigenvalue weighted by Crippen LogP contribution is -2.51. The van der Waals surface area contributed by atoms with Gasteiger partial charge in [-0.15, -0.1) is 0 Å². The number of hydrogen-bond acceptors (Lipinski definition) is 6. The van der Waals surface area contributed by atoms with Gasteiger partial charge in [-0.2, -0.15) is 0 Å². The predicted molar refractivity (Wildman–Crippen MR) is 248 cm³/mol. The maximum atomic E-state index is 12.5. The zero-order chi connectivity index (χ0) is 43.4. The van der Waals surface area contributed by atoms with Crippen molar-refractivity contribution in [1.29, 1.82) is 0 Å². The molecule has 6 heteroatoms. The fourth-order valence-electron chi connectivity index (χ4n) is 9.43. The fourth-order valence-corrected chi connectivity index (χ4v) is 9.43. The molecular formula is C54H74N2O4. The van der Waals surface area contributed by atoms with Crippen molar-refractivity contribution in [2.45, 2.75) is 168 Å². The second-order valence-electron chi connectivity index (χ2n) is 22.3. The Kier molecular flexibility index (Phi) is 12.3. The van der Waals surface area contributed by atoms with Crippen LogP contribution in [0.25, 0.3) is 0 Å². The van der Waals surface area contributed by atoms with Gasteiger partial charge in [0.25, 0.3) is 0 Å². The second-order valence-corrected chi connectivity index (χ2v) is 22.3. The van der Waals surface area contributed by atoms with Gasteiger partial charge in [-0.05, 0) is 101 Å². The molecule has 2 atom stereocenters. The Labute approximate surface area is 361 Å². The van der Waals surface area contributed by atoms with Crippen molar-refractivity contribution in [3.05, 3.63) is 115 Å². The molecule has 1 fully saturated rings. The van der Waals surface area contributed by atoms with Crippen molar-refractivity contribution in [2.75, 3.05) is 26.3 Å². The summed E-state index contributed by atoms with van der Waals surface area (Å²) in [6.07, 6.45) is 6.74. The summed E-state index contributed by atoms with van der Waals surface area (Å²) in [5, 5.41) is 32.8. The molecule has 0 saturated heterocycles. The summed E-state index contributed by atoms with van der Waals surface area (Å²) in [7, 11) is 0. The molecule has 0 spiro atoms. The van der Waals surface area contributed by atoms with Gasteiger partial charge < -0.3 is 30.3 Å². The normalized spacial score (nSPS) is 19.5. The summed E-state index contributed by atoms with van der Waals surface area (Å²) >= 11 is 0. The van der Waals surface area contributed by atoms with E-state index in [0.29, 0.717) is 62.5 Å². The quantitative estimate of drug-likeness (QED) is 0.125. The van der Waals surface area contributed by atoms with E-state index in [1.165, 1.54) is 35.1 Å². The number of benzene rings is 4. The molecule has 4 aliphatic rings. The molecule has 0 amide bonds. The van der Waals surface area contributed by atoms with Crippen LogP contribution in [0.3, 0.4) is 0 Å². The molecule has 6 nitrogen and oxygen atoms in total. The lowest BCUT2D eigenvalue weighted by molar-refractivity contribution is 0.238. The highest BCUT2D eigenvalue weighted by Gasteiger charge is 2.30. The maximum absolute atomic E-state index is 12.5. The van der Waals surface area contributed by atoms with Crippen molar-refractivity contribution in [3.63, 3.8) is 0 Å². The van der Waals surface area contributed by atoms with Crippen LogP contribution in [0.5, 0.6) is 23.0 Å². The van der Waals surface area contributed by atoms with Crippen LogP contribution in [-0.2, 0) is 47.3 Å². The molecule has 2 aliphatic heterocycles. The van der Waals surface area contributed by atoms with E-state index < -0.39 is 0 Å². The zero-order valence-corrected chi connectivity index (χ0v) is 39.0. The largest absolute Gasteiger partial charge is 0.507 e. The molecule has 0 aromatic heterocycles. The molecule has 2 aliphatic carbocycles. The van der Waals surface area contributed by atoms with Gasteiger partial charge in [-0.25, -0.2) is 0 Å². The minimum absolute atomic E-state index is 0.148. The minimum atomic E-state index is -0.151. The predicted octanol–water partition coefficient (Wildman–Crippen LogP) is 11.2. The van der Waals surface area contributed by atoms with Crippen LogP contribution in [-0.4, -0.2) is 48.6 Å². The van der Waals surface area contributed by atoms with Crippen LogP contribution in [0.4, 0.5) is 0 Å². The molecule has 4 N–H and O–H groups in total. The number of fused-ring (bicyclic) bond motifs is 6. The van der Waals surface area contributed by atoms with Crippen molar-refractivity contribution in [1.82, 2.24) is 10.6 Å². The first-order valence-electron chi connectivity index (χ1n) is 22.8. The van der Waals surface area contributed by atoms with E-state index in [1.807, 2.05) is 0 Å². The molecule has 8 rings (SSSR count). The van der Waals surface area contributed by atoms with Crippen molar-refractivity contribution >= 4 is 0 Å². The highest BCUT2D eigenvalue weighted by atomic mass is 16.5. The maximum Gasteiger partial charge on any atom is 0.126 e. The molecule has 2 heterocycles. The van der Waals surface area contributed by atoms with Crippen LogP contribution >= 0.6 is 0 Å². The smallest absolute Gasteiger partial charge is 0.126 e. The SMILES string of the molecule is CC(C)(C)c1cc2c(O)c(c1)Cc1cc(C(C)(C)C)cc3c1OCCN[C@@H]1CCCC[C@H]1NCCOc1c(cc(C(C)(C)C)cc1Cc1cc(C(C)(C)C)cc(c1O)C3)C2. The third kappa shape index (κ3) is 9.71. The Morgan fingerprint density at radius 1 is 0.417 bits per heavy atom. The Bertz CT molecular complexity index is 1950. The van der Waals surface area contributed by atoms with E-state index in [4.69, 9.17) is 9.47 Å². The van der Waals surface area contributed by atoms with Gasteiger partial charge in [0, 0.05) is 50.9 Å². The van der Waals surface area contributed by atoms with Gasteiger partial charge in [0.2, 0.25) is 0 Å². The van der Waals surface area contributed by atoms with Crippen LogP contribution in [0.15, 0.2) is 48.5 Å². The third-order valence-corrected chi connectivity index (χ3v) is 13.3. The summed E-state index contributed by atoms with van der Waals surface area (Å²) in [6, 6.07) is 18.8. The van der Waals surface area contributed by atoms with Crippen molar-refractivity contribution in [2.24, 2.45) is 0 Å². The highest BCUT2D eigenvalue weighted by Crippen LogP contribution is 2.44. The second kappa shape index (κ2) is 16.7. The Morgan fingerprint density at radius 3 is 0.917 bits per heavy atom. The molecule has 0 unspecified atom stereocenters. The van der Waals surface area contributed by atoms with Gasteiger partial charge in [-0.1, -0.05) is 144 Å². The van der Waals surface area contributed by atoms with Gasteiger partial charge >= 0.3 is 0 Å². The van der Waals surface area contributed by atoms with Crippen LogP contribution in [0.1, 0.15) is 176 Å². The molecule has 4 aromatic carbocycles. The van der Waals surface area contributed by atoms with Crippen molar-refractivity contribution in [3.8, 4) is 23.0 Å². The number of phenols is 2. The van der Waals surface area contributed by atoms with Crippen molar-refractivity contribution < 1.29 is 19.7 Å². The monoisotopic (exact) mass is 815 g/mol. The van der Waals surface area contributed by atoms with Gasteiger partial charge in [-0.3, -0.25) is 0 Å². The lowest BCUT2D eigenvalue weighted by atomic mass is 9.79. The summed E-state index contributed by atoms with van der Waals surface area (Å²) < 4.78 is 14.1. The fraction of sp³-hybridized carbons (Fsp3) is 0.556.